The van der Waals surface area contributed by atoms with E-state index in [1.807, 2.05) is 19.1 Å². The first-order valence-corrected chi connectivity index (χ1v) is 6.13. The van der Waals surface area contributed by atoms with Crippen molar-refractivity contribution in [1.82, 2.24) is 14.8 Å². The van der Waals surface area contributed by atoms with E-state index in [0.717, 1.165) is 16.7 Å². The lowest BCUT2D eigenvalue weighted by molar-refractivity contribution is 0.784. The first-order valence-electron chi connectivity index (χ1n) is 4.96. The maximum Gasteiger partial charge on any atom is 0.172 e. The number of aromatic nitrogens is 3. The Labute approximate surface area is 112 Å². The molecule has 0 amide bonds. The molecule has 0 spiro atoms. The van der Waals surface area contributed by atoms with Gasteiger partial charge < -0.3 is 0 Å². The van der Waals surface area contributed by atoms with E-state index in [1.165, 1.54) is 6.20 Å². The molecule has 0 saturated heterocycles. The lowest BCUT2D eigenvalue weighted by atomic mass is 10.3. The van der Waals surface area contributed by atoms with Gasteiger partial charge in [-0.15, -0.1) is 0 Å². The molecule has 0 saturated carbocycles. The molecule has 0 aliphatic carbocycles. The molecule has 4 nitrogen and oxygen atoms in total. The molecule has 0 fully saturated rings. The summed E-state index contributed by atoms with van der Waals surface area (Å²) in [5, 5.41) is 13.4. The van der Waals surface area contributed by atoms with Crippen LogP contribution in [-0.2, 0) is 6.42 Å². The highest BCUT2D eigenvalue weighted by Gasteiger charge is 2.11. The highest BCUT2D eigenvalue weighted by molar-refractivity contribution is 9.10. The van der Waals surface area contributed by atoms with E-state index < -0.39 is 0 Å². The Balaban J connectivity index is 2.57. The Morgan fingerprint density at radius 1 is 1.53 bits per heavy atom. The van der Waals surface area contributed by atoms with Gasteiger partial charge in [0.25, 0.3) is 0 Å². The summed E-state index contributed by atoms with van der Waals surface area (Å²) in [5.41, 5.74) is 1.43. The third kappa shape index (κ3) is 2.33. The van der Waals surface area contributed by atoms with E-state index in [1.54, 1.807) is 10.7 Å². The predicted molar refractivity (Wildman–Crippen MR) is 68.2 cm³/mol. The summed E-state index contributed by atoms with van der Waals surface area (Å²) in [6.45, 7) is 2.03. The normalized spacial score (nSPS) is 10.2. The topological polar surface area (TPSA) is 54.5 Å². The van der Waals surface area contributed by atoms with Crippen molar-refractivity contribution >= 4 is 27.5 Å². The quantitative estimate of drug-likeness (QED) is 0.856. The molecule has 86 valence electrons. The fourth-order valence-electron chi connectivity index (χ4n) is 1.47. The molecular formula is C11H8BrClN4. The molecule has 0 atom stereocenters. The standard InChI is InChI=1S/C11H8BrClN4/c1-2-8-4-10(12)16-17(8)11-9(13)3-7(5-14)6-15-11/h3-4,6H,2H2,1H3. The van der Waals surface area contributed by atoms with Crippen LogP contribution >= 0.6 is 27.5 Å². The SMILES string of the molecule is CCc1cc(Br)nn1-c1ncc(C#N)cc1Cl. The van der Waals surface area contributed by atoms with Crippen molar-refractivity contribution in [2.45, 2.75) is 13.3 Å². The second kappa shape index (κ2) is 4.86. The van der Waals surface area contributed by atoms with Gasteiger partial charge in [0.1, 0.15) is 10.7 Å². The number of rotatable bonds is 2. The first kappa shape index (κ1) is 12.1. The average molecular weight is 312 g/mol. The number of aryl methyl sites for hydroxylation is 1. The Kier molecular flexibility index (Phi) is 3.46. The van der Waals surface area contributed by atoms with Gasteiger partial charge in [0.2, 0.25) is 0 Å². The Bertz CT molecular complexity index is 600. The van der Waals surface area contributed by atoms with Crippen LogP contribution in [0.25, 0.3) is 5.82 Å². The summed E-state index contributed by atoms with van der Waals surface area (Å²) in [7, 11) is 0. The van der Waals surface area contributed by atoms with Crippen molar-refractivity contribution in [3.8, 4) is 11.9 Å². The molecule has 0 aromatic carbocycles. The number of nitriles is 1. The van der Waals surface area contributed by atoms with Crippen LogP contribution in [0.4, 0.5) is 0 Å². The van der Waals surface area contributed by atoms with Crippen LogP contribution in [-0.4, -0.2) is 14.8 Å². The Morgan fingerprint density at radius 2 is 2.29 bits per heavy atom. The van der Waals surface area contributed by atoms with E-state index in [9.17, 15) is 0 Å². The third-order valence-corrected chi connectivity index (χ3v) is 2.93. The zero-order valence-electron chi connectivity index (χ0n) is 8.98. The van der Waals surface area contributed by atoms with Crippen LogP contribution in [0, 0.1) is 11.3 Å². The molecule has 17 heavy (non-hydrogen) atoms. The fraction of sp³-hybridized carbons (Fsp3) is 0.182. The number of hydrogen-bond acceptors (Lipinski definition) is 3. The third-order valence-electron chi connectivity index (χ3n) is 2.27. The lowest BCUT2D eigenvalue weighted by Crippen LogP contribution is -2.04. The summed E-state index contributed by atoms with van der Waals surface area (Å²) >= 11 is 9.41. The second-order valence-corrected chi connectivity index (χ2v) is 4.58. The number of halogens is 2. The molecule has 2 rings (SSSR count). The molecule has 6 heteroatoms. The van der Waals surface area contributed by atoms with E-state index >= 15 is 0 Å². The fourth-order valence-corrected chi connectivity index (χ4v) is 2.14. The molecule has 2 aromatic rings. The maximum absolute atomic E-state index is 8.75. The van der Waals surface area contributed by atoms with Crippen molar-refractivity contribution < 1.29 is 0 Å². The number of hydrogen-bond donors (Lipinski definition) is 0. The van der Waals surface area contributed by atoms with Gasteiger partial charge in [0.15, 0.2) is 5.82 Å². The molecular weight excluding hydrogens is 304 g/mol. The zero-order chi connectivity index (χ0) is 12.4. The van der Waals surface area contributed by atoms with Crippen LogP contribution < -0.4 is 0 Å². The largest absolute Gasteiger partial charge is 0.234 e. The van der Waals surface area contributed by atoms with Crippen molar-refractivity contribution in [2.24, 2.45) is 0 Å². The first-order chi connectivity index (χ1) is 8.15. The Hall–Kier alpha value is -1.38. The second-order valence-electron chi connectivity index (χ2n) is 3.36. The van der Waals surface area contributed by atoms with Crippen molar-refractivity contribution in [2.75, 3.05) is 0 Å². The van der Waals surface area contributed by atoms with E-state index in [2.05, 4.69) is 26.0 Å². The lowest BCUT2D eigenvalue weighted by Gasteiger charge is -2.06. The summed E-state index contributed by atoms with van der Waals surface area (Å²) < 4.78 is 2.41. The summed E-state index contributed by atoms with van der Waals surface area (Å²) in [6.07, 6.45) is 2.30. The smallest absolute Gasteiger partial charge is 0.172 e. The molecule has 0 bridgehead atoms. The van der Waals surface area contributed by atoms with Crippen molar-refractivity contribution in [3.05, 3.63) is 39.2 Å². The summed E-state index contributed by atoms with van der Waals surface area (Å²) in [5.74, 6) is 0.535. The minimum Gasteiger partial charge on any atom is -0.234 e. The van der Waals surface area contributed by atoms with Gasteiger partial charge in [-0.1, -0.05) is 18.5 Å². The molecule has 2 heterocycles. The van der Waals surface area contributed by atoms with Crippen LogP contribution in [0.15, 0.2) is 22.9 Å². The van der Waals surface area contributed by atoms with Crippen molar-refractivity contribution in [3.63, 3.8) is 0 Å². The van der Waals surface area contributed by atoms with Crippen LogP contribution in [0.5, 0.6) is 0 Å². The minimum atomic E-state index is 0.411. The monoisotopic (exact) mass is 310 g/mol. The highest BCUT2D eigenvalue weighted by atomic mass is 79.9. The van der Waals surface area contributed by atoms with Gasteiger partial charge in [-0.05, 0) is 34.5 Å². The van der Waals surface area contributed by atoms with Gasteiger partial charge in [0.05, 0.1) is 10.6 Å². The zero-order valence-corrected chi connectivity index (χ0v) is 11.3. The Morgan fingerprint density at radius 3 is 2.88 bits per heavy atom. The predicted octanol–water partition coefficient (Wildman–Crippen LogP) is 3.12. The molecule has 0 radical (unpaired) electrons. The average Bonchev–Trinajstić information content (AvgIpc) is 2.70. The summed E-state index contributed by atoms with van der Waals surface area (Å²) in [6, 6.07) is 5.49. The van der Waals surface area contributed by atoms with E-state index in [4.69, 9.17) is 16.9 Å². The summed E-state index contributed by atoms with van der Waals surface area (Å²) in [4.78, 5) is 4.17. The highest BCUT2D eigenvalue weighted by Crippen LogP contribution is 2.22. The van der Waals surface area contributed by atoms with Gasteiger partial charge in [-0.3, -0.25) is 0 Å². The van der Waals surface area contributed by atoms with Crippen LogP contribution in [0.3, 0.4) is 0 Å². The number of pyridine rings is 1. The van der Waals surface area contributed by atoms with Crippen molar-refractivity contribution in [1.29, 1.82) is 5.26 Å². The van der Waals surface area contributed by atoms with E-state index in [0.29, 0.717) is 16.4 Å². The van der Waals surface area contributed by atoms with E-state index in [-0.39, 0.29) is 0 Å². The molecule has 2 aromatic heterocycles. The van der Waals surface area contributed by atoms with Gasteiger partial charge in [-0.2, -0.15) is 10.4 Å². The van der Waals surface area contributed by atoms with Gasteiger partial charge in [0, 0.05) is 11.9 Å². The molecule has 0 N–H and O–H groups in total. The number of nitrogens with zero attached hydrogens (tertiary/aromatic N) is 4. The van der Waals surface area contributed by atoms with Crippen LogP contribution in [0.2, 0.25) is 5.02 Å². The van der Waals surface area contributed by atoms with Gasteiger partial charge >= 0.3 is 0 Å². The maximum atomic E-state index is 8.75. The molecule has 0 aliphatic rings. The minimum absolute atomic E-state index is 0.411. The molecule has 0 unspecified atom stereocenters. The molecule has 0 aliphatic heterocycles. The van der Waals surface area contributed by atoms with Gasteiger partial charge in [-0.25, -0.2) is 9.67 Å². The van der Waals surface area contributed by atoms with Crippen LogP contribution in [0.1, 0.15) is 18.2 Å².